The summed E-state index contributed by atoms with van der Waals surface area (Å²) in [7, 11) is 1.80. The summed E-state index contributed by atoms with van der Waals surface area (Å²) in [6, 6.07) is 4.27. The van der Waals surface area contributed by atoms with Crippen LogP contribution >= 0.6 is 24.0 Å². The highest BCUT2D eigenvalue weighted by atomic mass is 127. The fourth-order valence-corrected chi connectivity index (χ4v) is 3.22. The van der Waals surface area contributed by atoms with Gasteiger partial charge >= 0.3 is 0 Å². The molecule has 2 fully saturated rings. The van der Waals surface area contributed by atoms with Gasteiger partial charge in [0.25, 0.3) is 0 Å². The first kappa shape index (κ1) is 21.2. The Balaban J connectivity index is 0.00000243. The number of halogens is 1. The highest BCUT2D eigenvalue weighted by Crippen LogP contribution is 2.17. The summed E-state index contributed by atoms with van der Waals surface area (Å²) in [5, 5.41) is 6.73. The van der Waals surface area contributed by atoms with E-state index >= 15 is 0 Å². The van der Waals surface area contributed by atoms with Crippen molar-refractivity contribution in [3.05, 3.63) is 23.9 Å². The van der Waals surface area contributed by atoms with E-state index in [1.54, 1.807) is 7.05 Å². The molecule has 2 aliphatic heterocycles. The Kier molecular flexibility index (Phi) is 9.41. The van der Waals surface area contributed by atoms with Gasteiger partial charge in [-0.2, -0.15) is 0 Å². The van der Waals surface area contributed by atoms with Gasteiger partial charge in [0.2, 0.25) is 0 Å². The number of nitrogens with zero attached hydrogens (tertiary/aromatic N) is 4. The van der Waals surface area contributed by atoms with Crippen LogP contribution in [-0.2, 0) is 11.3 Å². The van der Waals surface area contributed by atoms with Crippen LogP contribution in [0.3, 0.4) is 0 Å². The molecule has 3 heterocycles. The van der Waals surface area contributed by atoms with Gasteiger partial charge in [-0.3, -0.25) is 9.89 Å². The van der Waals surface area contributed by atoms with Crippen molar-refractivity contribution < 1.29 is 4.74 Å². The van der Waals surface area contributed by atoms with Crippen LogP contribution in [0, 0.1) is 0 Å². The minimum Gasteiger partial charge on any atom is -0.379 e. The van der Waals surface area contributed by atoms with Crippen molar-refractivity contribution in [2.45, 2.75) is 19.4 Å². The molecule has 0 aromatic carbocycles. The van der Waals surface area contributed by atoms with Crippen molar-refractivity contribution in [1.29, 1.82) is 0 Å². The van der Waals surface area contributed by atoms with Crippen LogP contribution in [0.5, 0.6) is 0 Å². The molecule has 0 bridgehead atoms. The standard InChI is InChI=1S/C18H30N6O.HI/c1-19-18(20-6-9-23-10-12-25-13-11-23)22-15-16-4-5-17(21-14-16)24-7-2-3-8-24;/h4-5,14H,2-3,6-13,15H2,1H3,(H2,19,20,22);1H. The maximum absolute atomic E-state index is 5.37. The number of guanidine groups is 1. The van der Waals surface area contributed by atoms with E-state index < -0.39 is 0 Å². The molecule has 2 N–H and O–H groups in total. The zero-order valence-electron chi connectivity index (χ0n) is 15.6. The maximum Gasteiger partial charge on any atom is 0.191 e. The number of morpholine rings is 1. The van der Waals surface area contributed by atoms with E-state index in [4.69, 9.17) is 4.74 Å². The first-order valence-electron chi connectivity index (χ1n) is 9.29. The van der Waals surface area contributed by atoms with E-state index in [0.717, 1.165) is 70.8 Å². The van der Waals surface area contributed by atoms with E-state index in [0.29, 0.717) is 0 Å². The van der Waals surface area contributed by atoms with Gasteiger partial charge in [0.15, 0.2) is 5.96 Å². The number of pyridine rings is 1. The van der Waals surface area contributed by atoms with Gasteiger partial charge in [-0.05, 0) is 24.5 Å². The van der Waals surface area contributed by atoms with Crippen LogP contribution in [0.2, 0.25) is 0 Å². The number of aromatic nitrogens is 1. The molecule has 146 valence electrons. The summed E-state index contributed by atoms with van der Waals surface area (Å²) in [6.07, 6.45) is 4.51. The zero-order chi connectivity index (χ0) is 17.3. The Morgan fingerprint density at radius 2 is 1.92 bits per heavy atom. The Labute approximate surface area is 173 Å². The number of ether oxygens (including phenoxy) is 1. The third-order valence-corrected chi connectivity index (χ3v) is 4.75. The second kappa shape index (κ2) is 11.6. The summed E-state index contributed by atoms with van der Waals surface area (Å²) in [6.45, 7) is 8.59. The summed E-state index contributed by atoms with van der Waals surface area (Å²) in [4.78, 5) is 13.6. The van der Waals surface area contributed by atoms with Crippen LogP contribution < -0.4 is 15.5 Å². The smallest absolute Gasteiger partial charge is 0.191 e. The largest absolute Gasteiger partial charge is 0.379 e. The Morgan fingerprint density at radius 3 is 2.58 bits per heavy atom. The molecule has 8 heteroatoms. The molecule has 0 spiro atoms. The van der Waals surface area contributed by atoms with Crippen LogP contribution in [0.1, 0.15) is 18.4 Å². The predicted octanol–water partition coefficient (Wildman–Crippen LogP) is 1.30. The molecule has 3 rings (SSSR count). The van der Waals surface area contributed by atoms with E-state index in [2.05, 4.69) is 42.5 Å². The molecule has 1 aromatic rings. The molecule has 0 unspecified atom stereocenters. The lowest BCUT2D eigenvalue weighted by atomic mass is 10.3. The Morgan fingerprint density at radius 1 is 1.15 bits per heavy atom. The van der Waals surface area contributed by atoms with Crippen LogP contribution in [0.25, 0.3) is 0 Å². The van der Waals surface area contributed by atoms with E-state index in [1.807, 2.05) is 6.20 Å². The van der Waals surface area contributed by atoms with Crippen molar-refractivity contribution in [3.63, 3.8) is 0 Å². The summed E-state index contributed by atoms with van der Waals surface area (Å²) >= 11 is 0. The summed E-state index contributed by atoms with van der Waals surface area (Å²) < 4.78 is 5.37. The molecule has 0 atom stereocenters. The van der Waals surface area contributed by atoms with Crippen molar-refractivity contribution >= 4 is 35.8 Å². The second-order valence-electron chi connectivity index (χ2n) is 6.53. The number of hydrogen-bond acceptors (Lipinski definition) is 5. The van der Waals surface area contributed by atoms with Crippen LogP contribution in [-0.4, -0.2) is 75.4 Å². The van der Waals surface area contributed by atoms with Gasteiger partial charge in [0.1, 0.15) is 5.82 Å². The third-order valence-electron chi connectivity index (χ3n) is 4.75. The normalized spacial score (nSPS) is 18.5. The maximum atomic E-state index is 5.37. The lowest BCUT2D eigenvalue weighted by molar-refractivity contribution is 0.0389. The average molecular weight is 474 g/mol. The fraction of sp³-hybridized carbons (Fsp3) is 0.667. The van der Waals surface area contributed by atoms with E-state index in [1.165, 1.54) is 18.4 Å². The summed E-state index contributed by atoms with van der Waals surface area (Å²) in [5.74, 6) is 1.92. The van der Waals surface area contributed by atoms with Gasteiger partial charge in [-0.1, -0.05) is 6.07 Å². The van der Waals surface area contributed by atoms with Crippen molar-refractivity contribution in [2.24, 2.45) is 4.99 Å². The van der Waals surface area contributed by atoms with Gasteiger partial charge < -0.3 is 20.3 Å². The van der Waals surface area contributed by atoms with Crippen molar-refractivity contribution in [2.75, 3.05) is 64.4 Å². The van der Waals surface area contributed by atoms with Gasteiger partial charge in [0.05, 0.1) is 13.2 Å². The van der Waals surface area contributed by atoms with Crippen LogP contribution in [0.4, 0.5) is 5.82 Å². The predicted molar refractivity (Wildman–Crippen MR) is 117 cm³/mol. The number of anilines is 1. The van der Waals surface area contributed by atoms with Gasteiger partial charge in [-0.15, -0.1) is 24.0 Å². The molecule has 0 radical (unpaired) electrons. The molecular formula is C18H31IN6O. The quantitative estimate of drug-likeness (QED) is 0.368. The molecule has 1 aromatic heterocycles. The average Bonchev–Trinajstić information content (AvgIpc) is 3.20. The van der Waals surface area contributed by atoms with E-state index in [9.17, 15) is 0 Å². The topological polar surface area (TPSA) is 65.0 Å². The molecule has 26 heavy (non-hydrogen) atoms. The van der Waals surface area contributed by atoms with E-state index in [-0.39, 0.29) is 24.0 Å². The number of aliphatic imine (C=N–C) groups is 1. The number of rotatable bonds is 6. The zero-order valence-corrected chi connectivity index (χ0v) is 17.9. The SMILES string of the molecule is CN=C(NCCN1CCOCC1)NCc1ccc(N2CCCC2)nc1.I. The van der Waals surface area contributed by atoms with Gasteiger partial charge in [-0.25, -0.2) is 4.98 Å². The molecule has 2 aliphatic rings. The number of nitrogens with one attached hydrogen (secondary N) is 2. The highest BCUT2D eigenvalue weighted by molar-refractivity contribution is 14.0. The summed E-state index contributed by atoms with van der Waals surface area (Å²) in [5.41, 5.74) is 1.17. The lowest BCUT2D eigenvalue weighted by Gasteiger charge is -2.26. The van der Waals surface area contributed by atoms with Crippen LogP contribution in [0.15, 0.2) is 23.3 Å². The molecule has 0 saturated carbocycles. The molecular weight excluding hydrogens is 443 g/mol. The lowest BCUT2D eigenvalue weighted by Crippen LogP contribution is -2.44. The van der Waals surface area contributed by atoms with Gasteiger partial charge in [0, 0.05) is 59.1 Å². The molecule has 7 nitrogen and oxygen atoms in total. The third kappa shape index (κ3) is 6.55. The number of hydrogen-bond donors (Lipinski definition) is 2. The monoisotopic (exact) mass is 474 g/mol. The van der Waals surface area contributed by atoms with Crippen molar-refractivity contribution in [1.82, 2.24) is 20.5 Å². The highest BCUT2D eigenvalue weighted by Gasteiger charge is 2.13. The Bertz CT molecular complexity index is 541. The first-order chi connectivity index (χ1) is 12.3. The minimum absolute atomic E-state index is 0. The molecule has 0 aliphatic carbocycles. The van der Waals surface area contributed by atoms with Crippen molar-refractivity contribution in [3.8, 4) is 0 Å². The second-order valence-corrected chi connectivity index (χ2v) is 6.53. The first-order valence-corrected chi connectivity index (χ1v) is 9.29. The fourth-order valence-electron chi connectivity index (χ4n) is 3.22. The molecule has 2 saturated heterocycles. The molecule has 0 amide bonds. The minimum atomic E-state index is 0. The Hall–Kier alpha value is -1.13.